The number of benzene rings is 1. The van der Waals surface area contributed by atoms with Crippen molar-refractivity contribution in [2.24, 2.45) is 0 Å². The molecule has 0 saturated carbocycles. The van der Waals surface area contributed by atoms with Crippen LogP contribution in [0.3, 0.4) is 0 Å². The number of hydrogen-bond donors (Lipinski definition) is 0. The summed E-state index contributed by atoms with van der Waals surface area (Å²) in [6, 6.07) is 8.76. The Kier molecular flexibility index (Phi) is 5.98. The Hall–Kier alpha value is -1.70. The van der Waals surface area contributed by atoms with Crippen LogP contribution in [0.15, 0.2) is 33.7 Å². The minimum Gasteiger partial charge on any atom is -0.360 e. The third-order valence-electron chi connectivity index (χ3n) is 5.34. The highest BCUT2D eigenvalue weighted by molar-refractivity contribution is 7.89. The van der Waals surface area contributed by atoms with Crippen LogP contribution in [0.2, 0.25) is 0 Å². The van der Waals surface area contributed by atoms with Gasteiger partial charge in [-0.2, -0.15) is 4.31 Å². The van der Waals surface area contributed by atoms with Gasteiger partial charge in [-0.25, -0.2) is 8.42 Å². The van der Waals surface area contributed by atoms with Crippen LogP contribution in [0, 0.1) is 13.8 Å². The van der Waals surface area contributed by atoms with E-state index < -0.39 is 10.0 Å². The van der Waals surface area contributed by atoms with Crippen molar-refractivity contribution in [3.63, 3.8) is 0 Å². The molecule has 1 aliphatic rings. The summed E-state index contributed by atoms with van der Waals surface area (Å²) in [5, 5.41) is 3.80. The van der Waals surface area contributed by atoms with Crippen LogP contribution in [0.5, 0.6) is 0 Å². The average Bonchev–Trinajstić information content (AvgIpc) is 2.81. The first kappa shape index (κ1) is 21.0. The minimum atomic E-state index is -3.57. The maximum atomic E-state index is 13.0. The second-order valence-electron chi connectivity index (χ2n) is 8.63. The van der Waals surface area contributed by atoms with Gasteiger partial charge in [-0.15, -0.1) is 0 Å². The lowest BCUT2D eigenvalue weighted by Gasteiger charge is -2.23. The molecule has 0 spiro atoms. The second kappa shape index (κ2) is 7.97. The fraction of sp³-hybridized carbons (Fsp3) is 0.571. The molecule has 154 valence electrons. The molecule has 28 heavy (non-hydrogen) atoms. The summed E-state index contributed by atoms with van der Waals surface area (Å²) in [6.07, 6.45) is 0.808. The van der Waals surface area contributed by atoms with Crippen molar-refractivity contribution in [1.29, 1.82) is 0 Å². The molecule has 7 heteroatoms. The molecule has 0 unspecified atom stereocenters. The molecule has 1 aromatic carbocycles. The summed E-state index contributed by atoms with van der Waals surface area (Å²) >= 11 is 0. The van der Waals surface area contributed by atoms with Gasteiger partial charge in [-0.3, -0.25) is 4.90 Å². The van der Waals surface area contributed by atoms with E-state index in [9.17, 15) is 8.42 Å². The lowest BCUT2D eigenvalue weighted by molar-refractivity contribution is 0.278. The molecule has 1 aromatic heterocycles. The highest BCUT2D eigenvalue weighted by Crippen LogP contribution is 2.25. The third kappa shape index (κ3) is 4.47. The van der Waals surface area contributed by atoms with Crippen molar-refractivity contribution >= 4 is 10.0 Å². The van der Waals surface area contributed by atoms with Crippen molar-refractivity contribution in [3.8, 4) is 0 Å². The molecule has 1 fully saturated rings. The van der Waals surface area contributed by atoms with Crippen molar-refractivity contribution in [3.05, 3.63) is 46.8 Å². The highest BCUT2D eigenvalue weighted by atomic mass is 32.2. The van der Waals surface area contributed by atoms with Crippen molar-refractivity contribution in [2.75, 3.05) is 26.2 Å². The fourth-order valence-electron chi connectivity index (χ4n) is 3.69. The number of sulfonamides is 1. The van der Waals surface area contributed by atoms with Crippen LogP contribution >= 0.6 is 0 Å². The fourth-order valence-corrected chi connectivity index (χ4v) is 5.45. The maximum absolute atomic E-state index is 13.0. The van der Waals surface area contributed by atoms with Gasteiger partial charge in [0.15, 0.2) is 5.76 Å². The van der Waals surface area contributed by atoms with Gasteiger partial charge in [0.05, 0.1) is 0 Å². The molecule has 0 amide bonds. The van der Waals surface area contributed by atoms with E-state index in [0.29, 0.717) is 31.1 Å². The largest absolute Gasteiger partial charge is 0.360 e. The molecule has 2 heterocycles. The van der Waals surface area contributed by atoms with Gasteiger partial charge < -0.3 is 4.52 Å². The van der Waals surface area contributed by atoms with E-state index in [-0.39, 0.29) is 10.3 Å². The van der Waals surface area contributed by atoms with E-state index in [2.05, 4.69) is 55.1 Å². The molecule has 2 aromatic rings. The number of aryl methyl sites for hydroxylation is 2. The Morgan fingerprint density at radius 3 is 2.29 bits per heavy atom. The molecule has 0 atom stereocenters. The lowest BCUT2D eigenvalue weighted by Crippen LogP contribution is -2.35. The zero-order valence-electron chi connectivity index (χ0n) is 17.5. The van der Waals surface area contributed by atoms with Crippen LogP contribution in [-0.4, -0.2) is 49.0 Å². The minimum absolute atomic E-state index is 0.147. The summed E-state index contributed by atoms with van der Waals surface area (Å²) in [5.74, 6) is 0.359. The molecule has 0 aliphatic carbocycles. The van der Waals surface area contributed by atoms with Crippen LogP contribution in [0.25, 0.3) is 0 Å². The first-order valence-electron chi connectivity index (χ1n) is 9.84. The molecule has 0 N–H and O–H groups in total. The van der Waals surface area contributed by atoms with Gasteiger partial charge in [0.25, 0.3) is 0 Å². The zero-order chi connectivity index (χ0) is 20.5. The Morgan fingerprint density at radius 2 is 1.71 bits per heavy atom. The predicted molar refractivity (Wildman–Crippen MR) is 110 cm³/mol. The smallest absolute Gasteiger partial charge is 0.248 e. The van der Waals surface area contributed by atoms with E-state index in [0.717, 1.165) is 19.5 Å². The summed E-state index contributed by atoms with van der Waals surface area (Å²) in [7, 11) is -3.57. The van der Waals surface area contributed by atoms with E-state index >= 15 is 0 Å². The number of nitrogens with zero attached hydrogens (tertiary/aromatic N) is 3. The van der Waals surface area contributed by atoms with Crippen LogP contribution in [0.1, 0.15) is 49.8 Å². The lowest BCUT2D eigenvalue weighted by atomic mass is 9.87. The van der Waals surface area contributed by atoms with Crippen LogP contribution in [0.4, 0.5) is 0 Å². The zero-order valence-corrected chi connectivity index (χ0v) is 18.3. The summed E-state index contributed by atoms with van der Waals surface area (Å²) in [5.41, 5.74) is 3.16. The first-order valence-corrected chi connectivity index (χ1v) is 11.3. The molecular weight excluding hydrogens is 374 g/mol. The summed E-state index contributed by atoms with van der Waals surface area (Å²) in [6.45, 7) is 13.4. The predicted octanol–water partition coefficient (Wildman–Crippen LogP) is 3.49. The van der Waals surface area contributed by atoms with Gasteiger partial charge in [0, 0.05) is 26.2 Å². The third-order valence-corrected chi connectivity index (χ3v) is 7.48. The SMILES string of the molecule is Cc1noc(C)c1S(=O)(=O)N1CCCN(Cc2ccc(C(C)(C)C)cc2)CC1. The topological polar surface area (TPSA) is 66.7 Å². The molecule has 1 aliphatic heterocycles. The van der Waals surface area contributed by atoms with Crippen molar-refractivity contribution in [1.82, 2.24) is 14.4 Å². The van der Waals surface area contributed by atoms with Crippen LogP contribution in [-0.2, 0) is 22.0 Å². The summed E-state index contributed by atoms with van der Waals surface area (Å²) < 4.78 is 32.7. The molecule has 0 bridgehead atoms. The van der Waals surface area contributed by atoms with Gasteiger partial charge >= 0.3 is 0 Å². The van der Waals surface area contributed by atoms with Gasteiger partial charge in [0.2, 0.25) is 10.0 Å². The molecular formula is C21H31N3O3S. The monoisotopic (exact) mass is 405 g/mol. The van der Waals surface area contributed by atoms with E-state index in [1.54, 1.807) is 18.2 Å². The average molecular weight is 406 g/mol. The molecule has 0 radical (unpaired) electrons. The van der Waals surface area contributed by atoms with Crippen molar-refractivity contribution in [2.45, 2.75) is 57.9 Å². The first-order chi connectivity index (χ1) is 13.1. The molecule has 1 saturated heterocycles. The van der Waals surface area contributed by atoms with Gasteiger partial charge in [-0.1, -0.05) is 50.2 Å². The van der Waals surface area contributed by atoms with Gasteiger partial charge in [-0.05, 0) is 43.4 Å². The quantitative estimate of drug-likeness (QED) is 0.779. The standard InChI is InChI=1S/C21H31N3O3S/c1-16-20(17(2)27-22-16)28(25,26)24-12-6-11-23(13-14-24)15-18-7-9-19(10-8-18)21(3,4)5/h7-10H,6,11-15H2,1-5H3. The van der Waals surface area contributed by atoms with Gasteiger partial charge in [0.1, 0.15) is 10.6 Å². The van der Waals surface area contributed by atoms with Crippen LogP contribution < -0.4 is 0 Å². The second-order valence-corrected chi connectivity index (χ2v) is 10.5. The summed E-state index contributed by atoms with van der Waals surface area (Å²) in [4.78, 5) is 2.55. The van der Waals surface area contributed by atoms with E-state index in [1.807, 2.05) is 0 Å². The number of aromatic nitrogens is 1. The molecule has 3 rings (SSSR count). The highest BCUT2D eigenvalue weighted by Gasteiger charge is 2.32. The Bertz CT molecular complexity index is 892. The Morgan fingerprint density at radius 1 is 1.04 bits per heavy atom. The Balaban J connectivity index is 1.67. The Labute approximate surface area is 168 Å². The normalized spacial score (nSPS) is 17.6. The molecule has 6 nitrogen and oxygen atoms in total. The van der Waals surface area contributed by atoms with Crippen molar-refractivity contribution < 1.29 is 12.9 Å². The number of hydrogen-bond acceptors (Lipinski definition) is 5. The van der Waals surface area contributed by atoms with E-state index in [4.69, 9.17) is 4.52 Å². The van der Waals surface area contributed by atoms with E-state index in [1.165, 1.54) is 11.1 Å². The maximum Gasteiger partial charge on any atom is 0.248 e. The number of rotatable bonds is 4.